The molecule has 0 aliphatic rings. The number of aliphatic hydroxyl groups excluding tert-OH is 2. The van der Waals surface area contributed by atoms with Crippen molar-refractivity contribution in [2.24, 2.45) is 0 Å². The van der Waals surface area contributed by atoms with E-state index in [9.17, 15) is 18.6 Å². The lowest BCUT2D eigenvalue weighted by Gasteiger charge is -2.14. The van der Waals surface area contributed by atoms with Crippen molar-refractivity contribution >= 4 is 26.6 Å². The lowest BCUT2D eigenvalue weighted by atomic mass is 10.1. The molecule has 9 heteroatoms. The topological polar surface area (TPSA) is 124 Å². The van der Waals surface area contributed by atoms with Crippen LogP contribution in [0.15, 0.2) is 42.5 Å². The molecule has 0 fully saturated rings. The zero-order valence-corrected chi connectivity index (χ0v) is 17.8. The van der Waals surface area contributed by atoms with E-state index in [1.54, 1.807) is 24.3 Å². The Hall–Kier alpha value is -2.59. The number of aromatic amines is 1. The van der Waals surface area contributed by atoms with Crippen molar-refractivity contribution in [2.75, 3.05) is 30.7 Å². The van der Waals surface area contributed by atoms with Crippen molar-refractivity contribution in [1.29, 1.82) is 0 Å². The van der Waals surface area contributed by atoms with Gasteiger partial charge < -0.3 is 25.3 Å². The molecule has 0 bridgehead atoms. The molecule has 1 heterocycles. The molecule has 3 rings (SSSR count). The summed E-state index contributed by atoms with van der Waals surface area (Å²) >= 11 is 0. The summed E-state index contributed by atoms with van der Waals surface area (Å²) in [5, 5.41) is 23.9. The number of nitrogens with one attached hydrogen (secondary N) is 3. The first-order valence-electron chi connectivity index (χ1n) is 9.58. The fourth-order valence-electron chi connectivity index (χ4n) is 3.28. The molecular formula is C21H27N3O5S. The molecule has 0 amide bonds. The first-order chi connectivity index (χ1) is 14.3. The molecular weight excluding hydrogens is 406 g/mol. The SMILES string of the molecule is Cc1[nH]c2cc(OCCNC[C@H](O)c3cccc(NS(C)(=O)=O)c3)ccc2c1CO. The number of aromatic nitrogens is 1. The summed E-state index contributed by atoms with van der Waals surface area (Å²) < 4.78 is 30.8. The minimum absolute atomic E-state index is 0.00842. The molecule has 0 saturated carbocycles. The van der Waals surface area contributed by atoms with Crippen LogP contribution >= 0.6 is 0 Å². The number of hydrogen-bond donors (Lipinski definition) is 5. The Morgan fingerprint density at radius 3 is 2.73 bits per heavy atom. The Morgan fingerprint density at radius 1 is 1.20 bits per heavy atom. The van der Waals surface area contributed by atoms with Gasteiger partial charge in [-0.05, 0) is 36.8 Å². The quantitative estimate of drug-likeness (QED) is 0.312. The first-order valence-corrected chi connectivity index (χ1v) is 11.5. The molecule has 1 aromatic heterocycles. The first kappa shape index (κ1) is 22.1. The maximum atomic E-state index is 11.3. The van der Waals surface area contributed by atoms with Gasteiger partial charge in [-0.1, -0.05) is 12.1 Å². The summed E-state index contributed by atoms with van der Waals surface area (Å²) in [5.41, 5.74) is 3.78. The molecule has 0 radical (unpaired) electrons. The molecule has 0 saturated heterocycles. The summed E-state index contributed by atoms with van der Waals surface area (Å²) in [6.45, 7) is 3.17. The van der Waals surface area contributed by atoms with Gasteiger partial charge in [0.1, 0.15) is 12.4 Å². The Bertz CT molecular complexity index is 1110. The van der Waals surface area contributed by atoms with Crippen molar-refractivity contribution in [3.63, 3.8) is 0 Å². The standard InChI is InChI=1S/C21H27N3O5S/c1-14-19(13-25)18-7-6-17(11-20(18)23-14)29-9-8-22-12-21(26)15-4-3-5-16(10-15)24-30(2,27)28/h3-7,10-11,21-26H,8-9,12-13H2,1-2H3/t21-/m0/s1. The number of anilines is 1. The third-order valence-corrected chi connectivity index (χ3v) is 5.32. The summed E-state index contributed by atoms with van der Waals surface area (Å²) in [5.74, 6) is 0.718. The monoisotopic (exact) mass is 433 g/mol. The van der Waals surface area contributed by atoms with E-state index in [4.69, 9.17) is 4.74 Å². The van der Waals surface area contributed by atoms with E-state index in [0.29, 0.717) is 30.9 Å². The number of rotatable bonds is 10. The van der Waals surface area contributed by atoms with E-state index >= 15 is 0 Å². The van der Waals surface area contributed by atoms with Gasteiger partial charge in [-0.15, -0.1) is 0 Å². The predicted molar refractivity (Wildman–Crippen MR) is 117 cm³/mol. The van der Waals surface area contributed by atoms with Crippen LogP contribution in [0.25, 0.3) is 10.9 Å². The predicted octanol–water partition coefficient (Wildman–Crippen LogP) is 2.04. The summed E-state index contributed by atoms with van der Waals surface area (Å²) in [6, 6.07) is 12.4. The van der Waals surface area contributed by atoms with Crippen LogP contribution in [0, 0.1) is 6.92 Å². The van der Waals surface area contributed by atoms with Crippen LogP contribution in [0.4, 0.5) is 5.69 Å². The number of benzene rings is 2. The minimum atomic E-state index is -3.37. The van der Waals surface area contributed by atoms with Crippen LogP contribution in [-0.2, 0) is 16.6 Å². The summed E-state index contributed by atoms with van der Waals surface area (Å²) in [6.07, 6.45) is 0.305. The molecule has 162 valence electrons. The van der Waals surface area contributed by atoms with E-state index < -0.39 is 16.1 Å². The number of aryl methyl sites for hydroxylation is 1. The molecule has 1 atom stereocenters. The van der Waals surface area contributed by atoms with Crippen molar-refractivity contribution in [3.05, 3.63) is 59.3 Å². The van der Waals surface area contributed by atoms with E-state index in [1.165, 1.54) is 0 Å². The number of sulfonamides is 1. The number of ether oxygens (including phenoxy) is 1. The van der Waals surface area contributed by atoms with Gasteiger partial charge >= 0.3 is 0 Å². The molecule has 3 aromatic rings. The Labute approximate surface area is 175 Å². The summed E-state index contributed by atoms with van der Waals surface area (Å²) in [7, 11) is -3.37. The largest absolute Gasteiger partial charge is 0.492 e. The van der Waals surface area contributed by atoms with Gasteiger partial charge in [0, 0.05) is 47.0 Å². The Morgan fingerprint density at radius 2 is 2.00 bits per heavy atom. The molecule has 0 aliphatic heterocycles. The number of H-pyrrole nitrogens is 1. The number of aliphatic hydroxyl groups is 2. The maximum absolute atomic E-state index is 11.3. The van der Waals surface area contributed by atoms with Crippen molar-refractivity contribution in [3.8, 4) is 5.75 Å². The van der Waals surface area contributed by atoms with Crippen LogP contribution in [0.3, 0.4) is 0 Å². The second-order valence-corrected chi connectivity index (χ2v) is 8.91. The smallest absolute Gasteiger partial charge is 0.229 e. The van der Waals surface area contributed by atoms with Gasteiger partial charge in [-0.3, -0.25) is 4.72 Å². The highest BCUT2D eigenvalue weighted by molar-refractivity contribution is 7.92. The highest BCUT2D eigenvalue weighted by atomic mass is 32.2. The van der Waals surface area contributed by atoms with Crippen molar-refractivity contribution in [2.45, 2.75) is 19.6 Å². The third kappa shape index (κ3) is 5.73. The average Bonchev–Trinajstić information content (AvgIpc) is 3.00. The highest BCUT2D eigenvalue weighted by Crippen LogP contribution is 2.26. The fourth-order valence-corrected chi connectivity index (χ4v) is 3.84. The third-order valence-electron chi connectivity index (χ3n) is 4.71. The zero-order valence-electron chi connectivity index (χ0n) is 17.0. The Balaban J connectivity index is 1.47. The van der Waals surface area contributed by atoms with Crippen LogP contribution in [0.2, 0.25) is 0 Å². The molecule has 30 heavy (non-hydrogen) atoms. The van der Waals surface area contributed by atoms with Gasteiger partial charge in [0.25, 0.3) is 0 Å². The number of hydrogen-bond acceptors (Lipinski definition) is 6. The van der Waals surface area contributed by atoms with Crippen LogP contribution < -0.4 is 14.8 Å². The zero-order chi connectivity index (χ0) is 21.7. The van der Waals surface area contributed by atoms with Gasteiger partial charge in [-0.25, -0.2) is 8.42 Å². The second-order valence-electron chi connectivity index (χ2n) is 7.16. The van der Waals surface area contributed by atoms with Gasteiger partial charge in [-0.2, -0.15) is 0 Å². The van der Waals surface area contributed by atoms with Crippen molar-refractivity contribution in [1.82, 2.24) is 10.3 Å². The van der Waals surface area contributed by atoms with Gasteiger partial charge in [0.15, 0.2) is 0 Å². The number of fused-ring (bicyclic) bond motifs is 1. The summed E-state index contributed by atoms with van der Waals surface area (Å²) in [4.78, 5) is 3.24. The molecule has 5 N–H and O–H groups in total. The van der Waals surface area contributed by atoms with Crippen LogP contribution in [0.5, 0.6) is 5.75 Å². The lowest BCUT2D eigenvalue weighted by Crippen LogP contribution is -2.26. The van der Waals surface area contributed by atoms with E-state index in [2.05, 4.69) is 15.0 Å². The van der Waals surface area contributed by atoms with Crippen molar-refractivity contribution < 1.29 is 23.4 Å². The molecule has 2 aromatic carbocycles. The molecule has 8 nitrogen and oxygen atoms in total. The fraction of sp³-hybridized carbons (Fsp3) is 0.333. The second kappa shape index (κ2) is 9.48. The highest BCUT2D eigenvalue weighted by Gasteiger charge is 2.10. The minimum Gasteiger partial charge on any atom is -0.492 e. The molecule has 0 spiro atoms. The lowest BCUT2D eigenvalue weighted by molar-refractivity contribution is 0.172. The van der Waals surface area contributed by atoms with E-state index in [-0.39, 0.29) is 6.61 Å². The van der Waals surface area contributed by atoms with E-state index in [0.717, 1.165) is 34.2 Å². The van der Waals surface area contributed by atoms with Gasteiger partial charge in [0.2, 0.25) is 10.0 Å². The van der Waals surface area contributed by atoms with E-state index in [1.807, 2.05) is 25.1 Å². The van der Waals surface area contributed by atoms with Crippen LogP contribution in [0.1, 0.15) is 22.9 Å². The Kier molecular flexibility index (Phi) is 6.99. The molecule has 0 unspecified atom stereocenters. The average molecular weight is 434 g/mol. The maximum Gasteiger partial charge on any atom is 0.229 e. The normalized spacial score (nSPS) is 12.8. The van der Waals surface area contributed by atoms with Gasteiger partial charge in [0.05, 0.1) is 19.0 Å². The molecule has 0 aliphatic carbocycles. The van der Waals surface area contributed by atoms with Crippen LogP contribution in [-0.4, -0.2) is 49.6 Å².